The third-order valence-electron chi connectivity index (χ3n) is 3.34. The van der Waals surface area contributed by atoms with E-state index in [0.29, 0.717) is 5.56 Å². The van der Waals surface area contributed by atoms with Crippen molar-refractivity contribution < 1.29 is 13.2 Å². The Labute approximate surface area is 145 Å². The first-order chi connectivity index (χ1) is 12.4. The van der Waals surface area contributed by atoms with Crippen LogP contribution in [0.25, 0.3) is 11.3 Å². The van der Waals surface area contributed by atoms with Gasteiger partial charge in [0.2, 0.25) is 5.95 Å². The van der Waals surface area contributed by atoms with Crippen LogP contribution in [0.1, 0.15) is 11.1 Å². The minimum absolute atomic E-state index is 0.0297. The molecule has 1 heterocycles. The number of benzene rings is 2. The van der Waals surface area contributed by atoms with Gasteiger partial charge in [0.25, 0.3) is 5.56 Å². The number of hydrogen-bond donors (Lipinski definition) is 2. The first-order valence-electron chi connectivity index (χ1n) is 7.42. The van der Waals surface area contributed by atoms with Crippen LogP contribution in [-0.4, -0.2) is 21.4 Å². The van der Waals surface area contributed by atoms with Crippen molar-refractivity contribution in [1.29, 1.82) is 0 Å². The molecular weight excluding hydrogens is 347 g/mol. The van der Waals surface area contributed by atoms with Gasteiger partial charge in [-0.3, -0.25) is 9.78 Å². The van der Waals surface area contributed by atoms with E-state index < -0.39 is 17.3 Å². The molecule has 0 fully saturated rings. The predicted octanol–water partition coefficient (Wildman–Crippen LogP) is 3.30. The molecule has 1 aromatic heterocycles. The summed E-state index contributed by atoms with van der Waals surface area (Å²) in [6.45, 7) is 0. The molecule has 2 aromatic carbocycles. The highest BCUT2D eigenvalue weighted by atomic mass is 19.4. The Hall–Kier alpha value is -3.49. The molecule has 26 heavy (non-hydrogen) atoms. The lowest BCUT2D eigenvalue weighted by Crippen LogP contribution is -2.15. The van der Waals surface area contributed by atoms with Crippen LogP contribution >= 0.6 is 0 Å². The van der Waals surface area contributed by atoms with Crippen molar-refractivity contribution in [2.24, 2.45) is 5.10 Å². The average molecular weight is 359 g/mol. The molecule has 0 aliphatic rings. The Morgan fingerprint density at radius 2 is 1.81 bits per heavy atom. The maximum Gasteiger partial charge on any atom is 0.416 e. The number of hydrazone groups is 1. The maximum absolute atomic E-state index is 12.7. The van der Waals surface area contributed by atoms with E-state index in [1.807, 2.05) is 6.07 Å². The van der Waals surface area contributed by atoms with E-state index in [4.69, 9.17) is 0 Å². The molecule has 0 unspecified atom stereocenters. The van der Waals surface area contributed by atoms with Crippen LogP contribution in [0.15, 0.2) is 64.5 Å². The Kier molecular flexibility index (Phi) is 4.78. The summed E-state index contributed by atoms with van der Waals surface area (Å²) in [6.07, 6.45) is -3.25. The number of aromatic amines is 1. The topological polar surface area (TPSA) is 83.0 Å². The fourth-order valence-electron chi connectivity index (χ4n) is 2.14. The second-order valence-corrected chi connectivity index (χ2v) is 5.21. The van der Waals surface area contributed by atoms with Gasteiger partial charge in [0.05, 0.1) is 11.8 Å². The quantitative estimate of drug-likeness (QED) is 0.553. The van der Waals surface area contributed by atoms with E-state index in [1.165, 1.54) is 18.3 Å². The zero-order chi connectivity index (χ0) is 18.6. The third-order valence-corrected chi connectivity index (χ3v) is 3.34. The van der Waals surface area contributed by atoms with E-state index in [2.05, 4.69) is 25.7 Å². The van der Waals surface area contributed by atoms with Crippen molar-refractivity contribution in [3.05, 3.63) is 76.1 Å². The number of aromatic nitrogens is 3. The minimum atomic E-state index is -4.43. The second kappa shape index (κ2) is 7.18. The van der Waals surface area contributed by atoms with Crippen molar-refractivity contribution in [2.45, 2.75) is 6.18 Å². The summed E-state index contributed by atoms with van der Waals surface area (Å²) in [6, 6.07) is 13.5. The molecule has 9 heteroatoms. The lowest BCUT2D eigenvalue weighted by atomic mass is 10.1. The van der Waals surface area contributed by atoms with Crippen LogP contribution in [0.5, 0.6) is 0 Å². The van der Waals surface area contributed by atoms with Crippen molar-refractivity contribution >= 4 is 12.2 Å². The van der Waals surface area contributed by atoms with E-state index in [9.17, 15) is 18.0 Å². The standard InChI is InChI=1S/C17H12F3N5O/c18-17(19,20)13-8-4-5-11(9-13)10-21-24-16-22-15(26)14(23-25-16)12-6-2-1-3-7-12/h1-10H,(H2,22,24,25,26)/b21-10+. The normalized spacial score (nSPS) is 11.7. The monoisotopic (exact) mass is 359 g/mol. The SMILES string of the molecule is O=c1[nH]c(N/N=C/c2cccc(C(F)(F)F)c2)nnc1-c1ccccc1. The number of nitrogens with one attached hydrogen (secondary N) is 2. The smallest absolute Gasteiger partial charge is 0.288 e. The fourth-order valence-corrected chi connectivity index (χ4v) is 2.14. The molecule has 0 saturated carbocycles. The summed E-state index contributed by atoms with van der Waals surface area (Å²) >= 11 is 0. The second-order valence-electron chi connectivity index (χ2n) is 5.21. The molecule has 2 N–H and O–H groups in total. The lowest BCUT2D eigenvalue weighted by molar-refractivity contribution is -0.137. The van der Waals surface area contributed by atoms with Crippen molar-refractivity contribution in [1.82, 2.24) is 15.2 Å². The van der Waals surface area contributed by atoms with Crippen LogP contribution in [0.2, 0.25) is 0 Å². The highest BCUT2D eigenvalue weighted by Crippen LogP contribution is 2.29. The molecule has 0 atom stereocenters. The van der Waals surface area contributed by atoms with Gasteiger partial charge < -0.3 is 0 Å². The molecule has 0 radical (unpaired) electrons. The number of rotatable bonds is 4. The summed E-state index contributed by atoms with van der Waals surface area (Å²) in [4.78, 5) is 14.5. The molecule has 3 aromatic rings. The van der Waals surface area contributed by atoms with E-state index in [-0.39, 0.29) is 17.2 Å². The van der Waals surface area contributed by atoms with Crippen molar-refractivity contribution in [2.75, 3.05) is 5.43 Å². The summed E-state index contributed by atoms with van der Waals surface area (Å²) in [7, 11) is 0. The number of anilines is 1. The predicted molar refractivity (Wildman–Crippen MR) is 90.7 cm³/mol. The molecule has 0 aliphatic carbocycles. The van der Waals surface area contributed by atoms with Crippen LogP contribution in [0, 0.1) is 0 Å². The average Bonchev–Trinajstić information content (AvgIpc) is 2.62. The van der Waals surface area contributed by atoms with E-state index in [0.717, 1.165) is 12.1 Å². The summed E-state index contributed by atoms with van der Waals surface area (Å²) in [5.74, 6) is -0.0297. The zero-order valence-corrected chi connectivity index (χ0v) is 13.2. The van der Waals surface area contributed by atoms with Gasteiger partial charge in [0.15, 0.2) is 5.69 Å². The van der Waals surface area contributed by atoms with Crippen molar-refractivity contribution in [3.63, 3.8) is 0 Å². The number of hydrogen-bond acceptors (Lipinski definition) is 5. The van der Waals surface area contributed by atoms with Gasteiger partial charge in [-0.2, -0.15) is 18.3 Å². The van der Waals surface area contributed by atoms with Crippen LogP contribution < -0.4 is 11.0 Å². The Morgan fingerprint density at radius 1 is 1.04 bits per heavy atom. The van der Waals surface area contributed by atoms with Gasteiger partial charge >= 0.3 is 6.18 Å². The van der Waals surface area contributed by atoms with E-state index >= 15 is 0 Å². The van der Waals surface area contributed by atoms with E-state index in [1.54, 1.807) is 24.3 Å². The number of H-pyrrole nitrogens is 1. The molecule has 6 nitrogen and oxygen atoms in total. The molecule has 0 amide bonds. The van der Waals surface area contributed by atoms with Gasteiger partial charge in [-0.05, 0) is 17.7 Å². The summed E-state index contributed by atoms with van der Waals surface area (Å²) in [5.41, 5.74) is 2.19. The first kappa shape index (κ1) is 17.3. The maximum atomic E-state index is 12.7. The summed E-state index contributed by atoms with van der Waals surface area (Å²) in [5, 5.41) is 11.4. The number of nitrogens with zero attached hydrogens (tertiary/aromatic N) is 3. The highest BCUT2D eigenvalue weighted by Gasteiger charge is 2.30. The third kappa shape index (κ3) is 4.12. The molecule has 0 aliphatic heterocycles. The molecule has 132 valence electrons. The molecular formula is C17H12F3N5O. The largest absolute Gasteiger partial charge is 0.416 e. The van der Waals surface area contributed by atoms with Gasteiger partial charge in [0.1, 0.15) is 0 Å². The molecule has 0 bridgehead atoms. The highest BCUT2D eigenvalue weighted by molar-refractivity contribution is 5.80. The van der Waals surface area contributed by atoms with Gasteiger partial charge in [-0.15, -0.1) is 10.2 Å². The van der Waals surface area contributed by atoms with Gasteiger partial charge in [0, 0.05) is 5.56 Å². The molecule has 3 rings (SSSR count). The fraction of sp³-hybridized carbons (Fsp3) is 0.0588. The minimum Gasteiger partial charge on any atom is -0.288 e. The van der Waals surface area contributed by atoms with Gasteiger partial charge in [-0.25, -0.2) is 5.43 Å². The van der Waals surface area contributed by atoms with Crippen molar-refractivity contribution in [3.8, 4) is 11.3 Å². The van der Waals surface area contributed by atoms with Gasteiger partial charge in [-0.1, -0.05) is 42.5 Å². The Morgan fingerprint density at radius 3 is 2.50 bits per heavy atom. The van der Waals surface area contributed by atoms with Crippen LogP contribution in [0.4, 0.5) is 19.1 Å². The first-order valence-corrected chi connectivity index (χ1v) is 7.42. The number of halogens is 3. The number of alkyl halides is 3. The Balaban J connectivity index is 1.73. The summed E-state index contributed by atoms with van der Waals surface area (Å²) < 4.78 is 38.0. The van der Waals surface area contributed by atoms with Crippen LogP contribution in [0.3, 0.4) is 0 Å². The van der Waals surface area contributed by atoms with Crippen LogP contribution in [-0.2, 0) is 6.18 Å². The molecule has 0 saturated heterocycles. The molecule has 0 spiro atoms. The zero-order valence-electron chi connectivity index (χ0n) is 13.2. The lowest BCUT2D eigenvalue weighted by Gasteiger charge is -2.06. The Bertz CT molecular complexity index is 983.